The molecule has 88 valence electrons. The van der Waals surface area contributed by atoms with E-state index in [1.165, 1.54) is 25.7 Å². The molecular weight excluding hydrogens is 198 g/mol. The van der Waals surface area contributed by atoms with Gasteiger partial charge in [0.15, 0.2) is 0 Å². The van der Waals surface area contributed by atoms with E-state index in [2.05, 4.69) is 11.9 Å². The SMILES string of the molecule is CCC1CCC(C(N)c2cnccc2N)C1. The summed E-state index contributed by atoms with van der Waals surface area (Å²) in [6.07, 6.45) is 8.59. The van der Waals surface area contributed by atoms with Crippen molar-refractivity contribution < 1.29 is 0 Å². The zero-order valence-corrected chi connectivity index (χ0v) is 9.89. The van der Waals surface area contributed by atoms with Gasteiger partial charge < -0.3 is 11.5 Å². The highest BCUT2D eigenvalue weighted by Gasteiger charge is 2.29. The molecule has 0 radical (unpaired) electrons. The second-order valence-corrected chi connectivity index (χ2v) is 4.88. The first-order valence-corrected chi connectivity index (χ1v) is 6.17. The maximum Gasteiger partial charge on any atom is 0.0393 e. The summed E-state index contributed by atoms with van der Waals surface area (Å²) in [6, 6.07) is 1.90. The second-order valence-electron chi connectivity index (χ2n) is 4.88. The van der Waals surface area contributed by atoms with Crippen LogP contribution < -0.4 is 11.5 Å². The Morgan fingerprint density at radius 3 is 2.94 bits per heavy atom. The van der Waals surface area contributed by atoms with Gasteiger partial charge in [-0.05, 0) is 30.7 Å². The molecule has 3 atom stereocenters. The molecule has 3 heteroatoms. The minimum atomic E-state index is 0.0604. The summed E-state index contributed by atoms with van der Waals surface area (Å²) in [6.45, 7) is 2.26. The smallest absolute Gasteiger partial charge is 0.0393 e. The van der Waals surface area contributed by atoms with Crippen LogP contribution >= 0.6 is 0 Å². The molecule has 0 bridgehead atoms. The van der Waals surface area contributed by atoms with E-state index in [1.807, 2.05) is 12.3 Å². The van der Waals surface area contributed by atoms with Crippen molar-refractivity contribution in [3.8, 4) is 0 Å². The first-order chi connectivity index (χ1) is 7.72. The van der Waals surface area contributed by atoms with Crippen molar-refractivity contribution in [2.24, 2.45) is 17.6 Å². The van der Waals surface area contributed by atoms with Crippen molar-refractivity contribution in [2.45, 2.75) is 38.6 Å². The molecular formula is C13H21N3. The van der Waals surface area contributed by atoms with Crippen LogP contribution in [-0.2, 0) is 0 Å². The van der Waals surface area contributed by atoms with Crippen LogP contribution in [-0.4, -0.2) is 4.98 Å². The summed E-state index contributed by atoms with van der Waals surface area (Å²) in [5.74, 6) is 1.44. The number of hydrogen-bond donors (Lipinski definition) is 2. The third-order valence-corrected chi connectivity index (χ3v) is 3.91. The Hall–Kier alpha value is -1.09. The number of nitrogens with two attached hydrogens (primary N) is 2. The first-order valence-electron chi connectivity index (χ1n) is 6.17. The van der Waals surface area contributed by atoms with E-state index in [9.17, 15) is 0 Å². The molecule has 0 amide bonds. The molecule has 16 heavy (non-hydrogen) atoms. The molecule has 0 saturated heterocycles. The minimum absolute atomic E-state index is 0.0604. The monoisotopic (exact) mass is 219 g/mol. The van der Waals surface area contributed by atoms with Crippen LogP contribution in [0.2, 0.25) is 0 Å². The summed E-state index contributed by atoms with van der Waals surface area (Å²) in [4.78, 5) is 4.12. The van der Waals surface area contributed by atoms with Gasteiger partial charge in [0, 0.05) is 29.7 Å². The third-order valence-electron chi connectivity index (χ3n) is 3.91. The van der Waals surface area contributed by atoms with E-state index < -0.39 is 0 Å². The van der Waals surface area contributed by atoms with E-state index in [1.54, 1.807) is 6.20 Å². The minimum Gasteiger partial charge on any atom is -0.398 e. The number of rotatable bonds is 3. The molecule has 0 spiro atoms. The number of aromatic nitrogens is 1. The van der Waals surface area contributed by atoms with Gasteiger partial charge in [0.25, 0.3) is 0 Å². The van der Waals surface area contributed by atoms with Crippen molar-refractivity contribution in [1.82, 2.24) is 4.98 Å². The number of nitrogens with zero attached hydrogens (tertiary/aromatic N) is 1. The van der Waals surface area contributed by atoms with Crippen molar-refractivity contribution in [3.63, 3.8) is 0 Å². The largest absolute Gasteiger partial charge is 0.398 e. The normalized spacial score (nSPS) is 26.9. The lowest BCUT2D eigenvalue weighted by Gasteiger charge is -2.20. The molecule has 1 heterocycles. The zero-order chi connectivity index (χ0) is 11.5. The molecule has 2 rings (SSSR count). The van der Waals surface area contributed by atoms with Gasteiger partial charge in [0.05, 0.1) is 0 Å². The molecule has 3 nitrogen and oxygen atoms in total. The van der Waals surface area contributed by atoms with Gasteiger partial charge in [-0.3, -0.25) is 4.98 Å². The third kappa shape index (κ3) is 2.19. The standard InChI is InChI=1S/C13H21N3/c1-2-9-3-4-10(7-9)13(15)11-8-16-6-5-12(11)14/h5-6,8-10,13H,2-4,7,15H2,1H3,(H2,14,16). The molecule has 1 aliphatic carbocycles. The van der Waals surface area contributed by atoms with Crippen molar-refractivity contribution >= 4 is 5.69 Å². The van der Waals surface area contributed by atoms with Crippen molar-refractivity contribution in [3.05, 3.63) is 24.0 Å². The fraction of sp³-hybridized carbons (Fsp3) is 0.615. The van der Waals surface area contributed by atoms with Crippen LogP contribution in [0.15, 0.2) is 18.5 Å². The van der Waals surface area contributed by atoms with Crippen LogP contribution in [0, 0.1) is 11.8 Å². The number of anilines is 1. The van der Waals surface area contributed by atoms with Crippen LogP contribution in [0.5, 0.6) is 0 Å². The van der Waals surface area contributed by atoms with Crippen LogP contribution in [0.1, 0.15) is 44.2 Å². The van der Waals surface area contributed by atoms with Gasteiger partial charge in [0.1, 0.15) is 0 Å². The Kier molecular flexibility index (Phi) is 3.44. The lowest BCUT2D eigenvalue weighted by atomic mass is 9.91. The highest BCUT2D eigenvalue weighted by atomic mass is 14.7. The number of pyridine rings is 1. The van der Waals surface area contributed by atoms with Gasteiger partial charge in [0.2, 0.25) is 0 Å². The van der Waals surface area contributed by atoms with E-state index in [0.717, 1.165) is 17.2 Å². The first kappa shape index (κ1) is 11.4. The van der Waals surface area contributed by atoms with Gasteiger partial charge in [-0.25, -0.2) is 0 Å². The molecule has 1 aromatic rings. The molecule has 0 aliphatic heterocycles. The molecule has 0 aromatic carbocycles. The van der Waals surface area contributed by atoms with Gasteiger partial charge in [-0.1, -0.05) is 19.8 Å². The van der Waals surface area contributed by atoms with Crippen LogP contribution in [0.4, 0.5) is 5.69 Å². The Balaban J connectivity index is 2.08. The molecule has 4 N–H and O–H groups in total. The molecule has 1 aromatic heterocycles. The van der Waals surface area contributed by atoms with E-state index >= 15 is 0 Å². The molecule has 1 fully saturated rings. The quantitative estimate of drug-likeness (QED) is 0.820. The average molecular weight is 219 g/mol. The average Bonchev–Trinajstić information content (AvgIpc) is 2.77. The lowest BCUT2D eigenvalue weighted by Crippen LogP contribution is -2.21. The number of hydrogen-bond acceptors (Lipinski definition) is 3. The molecule has 1 aliphatic rings. The maximum absolute atomic E-state index is 6.30. The summed E-state index contributed by atoms with van der Waals surface area (Å²) >= 11 is 0. The second kappa shape index (κ2) is 4.83. The fourth-order valence-electron chi connectivity index (χ4n) is 2.76. The van der Waals surface area contributed by atoms with Crippen LogP contribution in [0.3, 0.4) is 0 Å². The van der Waals surface area contributed by atoms with Crippen LogP contribution in [0.25, 0.3) is 0 Å². The predicted octanol–water partition coefficient (Wildman–Crippen LogP) is 2.49. The summed E-state index contributed by atoms with van der Waals surface area (Å²) < 4.78 is 0. The molecule has 1 saturated carbocycles. The Morgan fingerprint density at radius 2 is 2.31 bits per heavy atom. The number of nitrogen functional groups attached to an aromatic ring is 1. The predicted molar refractivity (Wildman–Crippen MR) is 66.7 cm³/mol. The van der Waals surface area contributed by atoms with Gasteiger partial charge >= 0.3 is 0 Å². The summed E-state index contributed by atoms with van der Waals surface area (Å²) in [5.41, 5.74) is 14.0. The maximum atomic E-state index is 6.30. The topological polar surface area (TPSA) is 64.9 Å². The van der Waals surface area contributed by atoms with E-state index in [4.69, 9.17) is 11.5 Å². The zero-order valence-electron chi connectivity index (χ0n) is 9.89. The highest BCUT2D eigenvalue weighted by molar-refractivity contribution is 5.46. The van der Waals surface area contributed by atoms with Gasteiger partial charge in [-0.15, -0.1) is 0 Å². The summed E-state index contributed by atoms with van der Waals surface area (Å²) in [5, 5.41) is 0. The van der Waals surface area contributed by atoms with Crippen molar-refractivity contribution in [2.75, 3.05) is 5.73 Å². The fourth-order valence-corrected chi connectivity index (χ4v) is 2.76. The summed E-state index contributed by atoms with van der Waals surface area (Å²) in [7, 11) is 0. The Morgan fingerprint density at radius 1 is 1.50 bits per heavy atom. The van der Waals surface area contributed by atoms with Crippen molar-refractivity contribution in [1.29, 1.82) is 0 Å². The van der Waals surface area contributed by atoms with E-state index in [0.29, 0.717) is 5.92 Å². The van der Waals surface area contributed by atoms with Gasteiger partial charge in [-0.2, -0.15) is 0 Å². The highest BCUT2D eigenvalue weighted by Crippen LogP contribution is 2.40. The van der Waals surface area contributed by atoms with E-state index in [-0.39, 0.29) is 6.04 Å². The Bertz CT molecular complexity index is 351. The Labute approximate surface area is 97.2 Å². The lowest BCUT2D eigenvalue weighted by molar-refractivity contribution is 0.416. The molecule has 3 unspecified atom stereocenters.